The number of pyridine rings is 1. The van der Waals surface area contributed by atoms with Crippen molar-refractivity contribution in [2.75, 3.05) is 18.0 Å². The number of primary amides is 1. The van der Waals surface area contributed by atoms with Crippen molar-refractivity contribution in [1.29, 1.82) is 5.26 Å². The molecule has 1 aliphatic rings. The Morgan fingerprint density at radius 3 is 3.00 bits per heavy atom. The average Bonchev–Trinajstić information content (AvgIpc) is 2.71. The van der Waals surface area contributed by atoms with Crippen LogP contribution in [0.25, 0.3) is 0 Å². The van der Waals surface area contributed by atoms with Gasteiger partial charge in [-0.3, -0.25) is 4.79 Å². The first-order valence-electron chi connectivity index (χ1n) is 5.52. The number of carbonyl (C=O) groups excluding carboxylic acids is 1. The molecule has 1 fully saturated rings. The van der Waals surface area contributed by atoms with E-state index in [0.717, 1.165) is 12.4 Å². The average molecular weight is 230 g/mol. The maximum atomic E-state index is 11.2. The van der Waals surface area contributed by atoms with Crippen LogP contribution < -0.4 is 10.6 Å². The molecule has 0 radical (unpaired) electrons. The van der Waals surface area contributed by atoms with Crippen LogP contribution in [0.2, 0.25) is 0 Å². The fourth-order valence-corrected chi connectivity index (χ4v) is 2.19. The Balaban J connectivity index is 2.20. The van der Waals surface area contributed by atoms with E-state index in [4.69, 9.17) is 11.0 Å². The normalized spacial score (nSPS) is 23.4. The van der Waals surface area contributed by atoms with Gasteiger partial charge in [0.15, 0.2) is 0 Å². The van der Waals surface area contributed by atoms with Gasteiger partial charge in [-0.15, -0.1) is 0 Å². The SMILES string of the molecule is C[C@@H]1CN(c2cc(C#N)ccn2)C[C@H]1C(N)=O. The minimum Gasteiger partial charge on any atom is -0.369 e. The molecule has 0 spiro atoms. The maximum Gasteiger partial charge on any atom is 0.222 e. The summed E-state index contributed by atoms with van der Waals surface area (Å²) in [6.07, 6.45) is 1.61. The van der Waals surface area contributed by atoms with Crippen LogP contribution >= 0.6 is 0 Å². The van der Waals surface area contributed by atoms with Crippen molar-refractivity contribution in [3.8, 4) is 6.07 Å². The molecule has 1 aromatic heterocycles. The van der Waals surface area contributed by atoms with Crippen molar-refractivity contribution in [3.05, 3.63) is 23.9 Å². The van der Waals surface area contributed by atoms with Crippen LogP contribution in [0.4, 0.5) is 5.82 Å². The predicted octanol–water partition coefficient (Wildman–Crippen LogP) is 0.511. The van der Waals surface area contributed by atoms with E-state index in [1.165, 1.54) is 0 Å². The lowest BCUT2D eigenvalue weighted by Crippen LogP contribution is -2.29. The second-order valence-electron chi connectivity index (χ2n) is 4.41. The Bertz CT molecular complexity index is 480. The Morgan fingerprint density at radius 1 is 1.65 bits per heavy atom. The lowest BCUT2D eigenvalue weighted by Gasteiger charge is -2.16. The van der Waals surface area contributed by atoms with Gasteiger partial charge in [-0.1, -0.05) is 6.92 Å². The van der Waals surface area contributed by atoms with Crippen LogP contribution in [-0.4, -0.2) is 24.0 Å². The summed E-state index contributed by atoms with van der Waals surface area (Å²) in [5.41, 5.74) is 5.92. The van der Waals surface area contributed by atoms with Crippen LogP contribution in [-0.2, 0) is 4.79 Å². The summed E-state index contributed by atoms with van der Waals surface area (Å²) in [4.78, 5) is 17.5. The number of hydrogen-bond donors (Lipinski definition) is 1. The molecule has 0 aromatic carbocycles. The number of nitriles is 1. The van der Waals surface area contributed by atoms with Crippen molar-refractivity contribution in [3.63, 3.8) is 0 Å². The summed E-state index contributed by atoms with van der Waals surface area (Å²) in [6, 6.07) is 5.47. The number of nitrogens with zero attached hydrogens (tertiary/aromatic N) is 3. The van der Waals surface area contributed by atoms with Gasteiger partial charge in [0.25, 0.3) is 0 Å². The second-order valence-corrected chi connectivity index (χ2v) is 4.41. The van der Waals surface area contributed by atoms with E-state index in [9.17, 15) is 4.79 Å². The van der Waals surface area contributed by atoms with E-state index in [1.807, 2.05) is 11.8 Å². The molecule has 0 unspecified atom stereocenters. The molecular weight excluding hydrogens is 216 g/mol. The number of amides is 1. The molecule has 1 amide bonds. The predicted molar refractivity (Wildman–Crippen MR) is 63.0 cm³/mol. The highest BCUT2D eigenvalue weighted by molar-refractivity contribution is 5.78. The third-order valence-corrected chi connectivity index (χ3v) is 3.18. The number of rotatable bonds is 2. The minimum absolute atomic E-state index is 0.137. The zero-order chi connectivity index (χ0) is 12.4. The monoisotopic (exact) mass is 230 g/mol. The molecule has 0 bridgehead atoms. The molecule has 2 heterocycles. The molecule has 5 heteroatoms. The summed E-state index contributed by atoms with van der Waals surface area (Å²) in [5.74, 6) is 0.554. The van der Waals surface area contributed by atoms with Gasteiger partial charge in [0.1, 0.15) is 5.82 Å². The van der Waals surface area contributed by atoms with Crippen molar-refractivity contribution >= 4 is 11.7 Å². The fourth-order valence-electron chi connectivity index (χ4n) is 2.19. The highest BCUT2D eigenvalue weighted by Crippen LogP contribution is 2.26. The highest BCUT2D eigenvalue weighted by Gasteiger charge is 2.33. The van der Waals surface area contributed by atoms with Gasteiger partial charge < -0.3 is 10.6 Å². The summed E-state index contributed by atoms with van der Waals surface area (Å²) in [5, 5.41) is 8.83. The third kappa shape index (κ3) is 2.21. The molecule has 17 heavy (non-hydrogen) atoms. The van der Waals surface area contributed by atoms with E-state index in [-0.39, 0.29) is 17.7 Å². The minimum atomic E-state index is -0.267. The Morgan fingerprint density at radius 2 is 2.41 bits per heavy atom. The summed E-state index contributed by atoms with van der Waals surface area (Å²) in [7, 11) is 0. The number of carbonyl (C=O) groups is 1. The molecule has 1 aliphatic heterocycles. The van der Waals surface area contributed by atoms with Crippen LogP contribution in [0.1, 0.15) is 12.5 Å². The zero-order valence-electron chi connectivity index (χ0n) is 9.63. The van der Waals surface area contributed by atoms with Crippen LogP contribution in [0, 0.1) is 23.2 Å². The summed E-state index contributed by atoms with van der Waals surface area (Å²) in [6.45, 7) is 3.33. The first kappa shape index (κ1) is 11.4. The zero-order valence-corrected chi connectivity index (χ0v) is 9.63. The number of nitrogens with two attached hydrogens (primary N) is 1. The first-order valence-corrected chi connectivity index (χ1v) is 5.52. The number of aromatic nitrogens is 1. The van der Waals surface area contributed by atoms with Gasteiger partial charge in [0.2, 0.25) is 5.91 Å². The lowest BCUT2D eigenvalue weighted by molar-refractivity contribution is -0.122. The summed E-state index contributed by atoms with van der Waals surface area (Å²) < 4.78 is 0. The molecule has 88 valence electrons. The molecular formula is C12H14N4O. The third-order valence-electron chi connectivity index (χ3n) is 3.18. The molecule has 1 aromatic rings. The fraction of sp³-hybridized carbons (Fsp3) is 0.417. The van der Waals surface area contributed by atoms with Crippen molar-refractivity contribution in [2.24, 2.45) is 17.6 Å². The smallest absolute Gasteiger partial charge is 0.222 e. The van der Waals surface area contributed by atoms with E-state index < -0.39 is 0 Å². The molecule has 5 nitrogen and oxygen atoms in total. The topological polar surface area (TPSA) is 83.0 Å². The van der Waals surface area contributed by atoms with E-state index >= 15 is 0 Å². The van der Waals surface area contributed by atoms with E-state index in [0.29, 0.717) is 12.1 Å². The molecule has 0 saturated carbocycles. The van der Waals surface area contributed by atoms with Crippen molar-refractivity contribution in [1.82, 2.24) is 4.98 Å². The maximum absolute atomic E-state index is 11.2. The molecule has 2 atom stereocenters. The summed E-state index contributed by atoms with van der Waals surface area (Å²) >= 11 is 0. The van der Waals surface area contributed by atoms with Gasteiger partial charge >= 0.3 is 0 Å². The van der Waals surface area contributed by atoms with Crippen LogP contribution in [0.15, 0.2) is 18.3 Å². The molecule has 2 rings (SSSR count). The first-order chi connectivity index (χ1) is 8.11. The number of hydrogen-bond acceptors (Lipinski definition) is 4. The van der Waals surface area contributed by atoms with Gasteiger partial charge in [-0.25, -0.2) is 4.98 Å². The van der Waals surface area contributed by atoms with Gasteiger partial charge in [-0.05, 0) is 18.1 Å². The molecule has 0 aliphatic carbocycles. The van der Waals surface area contributed by atoms with E-state index in [2.05, 4.69) is 11.1 Å². The van der Waals surface area contributed by atoms with Crippen LogP contribution in [0.5, 0.6) is 0 Å². The number of anilines is 1. The standard InChI is InChI=1S/C12H14N4O/c1-8-6-16(7-10(8)12(14)17)11-4-9(5-13)2-3-15-11/h2-4,8,10H,6-7H2,1H3,(H2,14,17)/t8-,10-/m1/s1. The Kier molecular flexibility index (Phi) is 2.96. The van der Waals surface area contributed by atoms with Gasteiger partial charge in [-0.2, -0.15) is 5.26 Å². The Hall–Kier alpha value is -2.09. The Labute approximate surface area is 99.9 Å². The lowest BCUT2D eigenvalue weighted by atomic mass is 9.98. The van der Waals surface area contributed by atoms with Gasteiger partial charge in [0, 0.05) is 19.3 Å². The largest absolute Gasteiger partial charge is 0.369 e. The second kappa shape index (κ2) is 4.42. The van der Waals surface area contributed by atoms with Crippen molar-refractivity contribution < 1.29 is 4.79 Å². The quantitative estimate of drug-likeness (QED) is 0.802. The van der Waals surface area contributed by atoms with E-state index in [1.54, 1.807) is 18.3 Å². The molecule has 2 N–H and O–H groups in total. The molecule has 1 saturated heterocycles. The van der Waals surface area contributed by atoms with Gasteiger partial charge in [0.05, 0.1) is 17.6 Å². The van der Waals surface area contributed by atoms with Crippen LogP contribution in [0.3, 0.4) is 0 Å². The van der Waals surface area contributed by atoms with Crippen molar-refractivity contribution in [2.45, 2.75) is 6.92 Å². The highest BCUT2D eigenvalue weighted by atomic mass is 16.1.